The van der Waals surface area contributed by atoms with Crippen LogP contribution in [-0.4, -0.2) is 30.8 Å². The summed E-state index contributed by atoms with van der Waals surface area (Å²) in [6.07, 6.45) is 1.49. The molecule has 5 nitrogen and oxygen atoms in total. The van der Waals surface area contributed by atoms with Gasteiger partial charge in [0.05, 0.1) is 0 Å². The predicted molar refractivity (Wildman–Crippen MR) is 73.4 cm³/mol. The molecule has 1 aromatic heterocycles. The Morgan fingerprint density at radius 1 is 1.39 bits per heavy atom. The second-order valence-corrected chi connectivity index (χ2v) is 7.64. The third-order valence-electron chi connectivity index (χ3n) is 3.42. The van der Waals surface area contributed by atoms with Crippen molar-refractivity contribution in [3.05, 3.63) is 16.7 Å². The Balaban J connectivity index is 2.40. The van der Waals surface area contributed by atoms with Crippen LogP contribution in [0.5, 0.6) is 0 Å². The lowest BCUT2D eigenvalue weighted by atomic mass is 10.0. The molecule has 1 aromatic rings. The van der Waals surface area contributed by atoms with E-state index in [1.54, 1.807) is 0 Å². The van der Waals surface area contributed by atoms with Gasteiger partial charge in [-0.05, 0) is 33.8 Å². The van der Waals surface area contributed by atoms with E-state index in [-0.39, 0.29) is 10.7 Å². The highest BCUT2D eigenvalue weighted by atomic mass is 79.9. The van der Waals surface area contributed by atoms with Gasteiger partial charge >= 0.3 is 0 Å². The van der Waals surface area contributed by atoms with Gasteiger partial charge in [0.2, 0.25) is 10.0 Å². The maximum absolute atomic E-state index is 12.5. The highest BCUT2D eigenvalue weighted by molar-refractivity contribution is 9.10. The third kappa shape index (κ3) is 2.39. The van der Waals surface area contributed by atoms with Gasteiger partial charge in [0, 0.05) is 23.8 Å². The van der Waals surface area contributed by atoms with Gasteiger partial charge in [0.1, 0.15) is 10.7 Å². The Morgan fingerprint density at radius 3 is 2.50 bits per heavy atom. The smallest absolute Gasteiger partial charge is 0.246 e. The molecule has 0 aliphatic carbocycles. The van der Waals surface area contributed by atoms with Gasteiger partial charge in [-0.25, -0.2) is 13.4 Å². The van der Waals surface area contributed by atoms with E-state index in [2.05, 4.69) is 34.8 Å². The summed E-state index contributed by atoms with van der Waals surface area (Å²) >= 11 is 3.22. The number of aromatic nitrogens is 1. The molecule has 2 rings (SSSR count). The molecule has 0 radical (unpaired) electrons. The fourth-order valence-corrected chi connectivity index (χ4v) is 4.27. The second-order valence-electron chi connectivity index (χ2n) is 4.81. The van der Waals surface area contributed by atoms with Crippen LogP contribution in [0.15, 0.2) is 21.6 Å². The average molecular weight is 334 g/mol. The standard InChI is InChI=1S/C11H16BrN3O2S/c1-7-5-15(6-8(7)2)18(16,17)10-3-9(12)4-14-11(10)13/h3-4,7-8H,5-6H2,1-2H3,(H2,13,14). The van der Waals surface area contributed by atoms with Crippen LogP contribution < -0.4 is 5.73 Å². The first-order chi connectivity index (χ1) is 8.32. The van der Waals surface area contributed by atoms with E-state index in [0.717, 1.165) is 0 Å². The van der Waals surface area contributed by atoms with E-state index < -0.39 is 10.0 Å². The number of halogens is 1. The molecule has 7 heteroatoms. The fourth-order valence-electron chi connectivity index (χ4n) is 2.05. The topological polar surface area (TPSA) is 76.3 Å². The van der Waals surface area contributed by atoms with E-state index in [9.17, 15) is 8.42 Å². The third-order valence-corrected chi connectivity index (χ3v) is 5.72. The maximum atomic E-state index is 12.5. The molecule has 2 heterocycles. The van der Waals surface area contributed by atoms with Crippen molar-refractivity contribution in [2.45, 2.75) is 18.7 Å². The molecule has 0 spiro atoms. The highest BCUT2D eigenvalue weighted by Crippen LogP contribution is 2.30. The number of rotatable bonds is 2. The lowest BCUT2D eigenvalue weighted by Crippen LogP contribution is -2.29. The van der Waals surface area contributed by atoms with Crippen molar-refractivity contribution < 1.29 is 8.42 Å². The Kier molecular flexibility index (Phi) is 3.66. The lowest BCUT2D eigenvalue weighted by molar-refractivity contribution is 0.463. The number of nitrogens with two attached hydrogens (primary N) is 1. The second kappa shape index (κ2) is 4.79. The minimum absolute atomic E-state index is 0.0467. The number of hydrogen-bond acceptors (Lipinski definition) is 4. The Labute approximate surface area is 116 Å². The number of sulfonamides is 1. The maximum Gasteiger partial charge on any atom is 0.246 e. The predicted octanol–water partition coefficient (Wildman–Crippen LogP) is 1.70. The van der Waals surface area contributed by atoms with Crippen LogP contribution in [0.3, 0.4) is 0 Å². The molecule has 1 fully saturated rings. The monoisotopic (exact) mass is 333 g/mol. The summed E-state index contributed by atoms with van der Waals surface area (Å²) in [5, 5.41) is 0. The molecule has 2 unspecified atom stereocenters. The Morgan fingerprint density at radius 2 is 1.94 bits per heavy atom. The first-order valence-electron chi connectivity index (χ1n) is 5.73. The molecule has 0 bridgehead atoms. The summed E-state index contributed by atoms with van der Waals surface area (Å²) in [6, 6.07) is 1.51. The minimum atomic E-state index is -3.54. The van der Waals surface area contributed by atoms with Crippen LogP contribution in [0.2, 0.25) is 0 Å². The molecule has 1 aliphatic rings. The van der Waals surface area contributed by atoms with Gasteiger partial charge in [-0.15, -0.1) is 0 Å². The van der Waals surface area contributed by atoms with E-state index in [1.165, 1.54) is 16.6 Å². The van der Waals surface area contributed by atoms with Crippen LogP contribution >= 0.6 is 15.9 Å². The zero-order valence-corrected chi connectivity index (χ0v) is 12.7. The first-order valence-corrected chi connectivity index (χ1v) is 7.97. The number of hydrogen-bond donors (Lipinski definition) is 1. The average Bonchev–Trinajstić information content (AvgIpc) is 2.63. The molecular weight excluding hydrogens is 318 g/mol. The molecular formula is C11H16BrN3O2S. The quantitative estimate of drug-likeness (QED) is 0.893. The largest absolute Gasteiger partial charge is 0.383 e. The molecule has 1 saturated heterocycles. The SMILES string of the molecule is CC1CN(S(=O)(=O)c2cc(Br)cnc2N)CC1C. The summed E-state index contributed by atoms with van der Waals surface area (Å²) < 4.78 is 27.1. The first kappa shape index (κ1) is 13.8. The van der Waals surface area contributed by atoms with Crippen LogP contribution in [-0.2, 0) is 10.0 Å². The van der Waals surface area contributed by atoms with Crippen molar-refractivity contribution in [2.24, 2.45) is 11.8 Å². The van der Waals surface area contributed by atoms with Crippen LogP contribution in [0, 0.1) is 11.8 Å². The zero-order valence-electron chi connectivity index (χ0n) is 10.3. The van der Waals surface area contributed by atoms with Gasteiger partial charge in [-0.3, -0.25) is 0 Å². The summed E-state index contributed by atoms with van der Waals surface area (Å²) in [6.45, 7) is 5.19. The molecule has 0 aromatic carbocycles. The van der Waals surface area contributed by atoms with Crippen molar-refractivity contribution >= 4 is 31.8 Å². The van der Waals surface area contributed by atoms with Gasteiger partial charge in [-0.1, -0.05) is 13.8 Å². The van der Waals surface area contributed by atoms with Crippen LogP contribution in [0.4, 0.5) is 5.82 Å². The zero-order chi connectivity index (χ0) is 13.5. The normalized spacial score (nSPS) is 25.5. The number of nitrogens with zero attached hydrogens (tertiary/aromatic N) is 2. The summed E-state index contributed by atoms with van der Waals surface area (Å²) in [7, 11) is -3.54. The molecule has 2 atom stereocenters. The molecule has 2 N–H and O–H groups in total. The summed E-state index contributed by atoms with van der Waals surface area (Å²) in [5.74, 6) is 0.771. The Bertz CT molecular complexity index is 551. The molecule has 100 valence electrons. The van der Waals surface area contributed by atoms with E-state index in [4.69, 9.17) is 5.73 Å². The van der Waals surface area contributed by atoms with E-state index in [1.807, 2.05) is 0 Å². The van der Waals surface area contributed by atoms with Crippen molar-refractivity contribution in [1.29, 1.82) is 0 Å². The molecule has 18 heavy (non-hydrogen) atoms. The van der Waals surface area contributed by atoms with E-state index >= 15 is 0 Å². The van der Waals surface area contributed by atoms with E-state index in [0.29, 0.717) is 29.4 Å². The Hall–Kier alpha value is -0.660. The van der Waals surface area contributed by atoms with Gasteiger partial charge in [0.15, 0.2) is 0 Å². The van der Waals surface area contributed by atoms with Gasteiger partial charge < -0.3 is 5.73 Å². The summed E-state index contributed by atoms with van der Waals surface area (Å²) in [5.41, 5.74) is 5.67. The summed E-state index contributed by atoms with van der Waals surface area (Å²) in [4.78, 5) is 3.96. The van der Waals surface area contributed by atoms with Crippen molar-refractivity contribution in [2.75, 3.05) is 18.8 Å². The molecule has 0 saturated carbocycles. The molecule has 1 aliphatic heterocycles. The fraction of sp³-hybridized carbons (Fsp3) is 0.545. The number of anilines is 1. The van der Waals surface area contributed by atoms with Gasteiger partial charge in [0.25, 0.3) is 0 Å². The van der Waals surface area contributed by atoms with Crippen molar-refractivity contribution in [3.63, 3.8) is 0 Å². The van der Waals surface area contributed by atoms with Gasteiger partial charge in [-0.2, -0.15) is 4.31 Å². The van der Waals surface area contributed by atoms with Crippen molar-refractivity contribution in [1.82, 2.24) is 9.29 Å². The molecule has 0 amide bonds. The minimum Gasteiger partial charge on any atom is -0.383 e. The number of pyridine rings is 1. The number of nitrogen functional groups attached to an aromatic ring is 1. The lowest BCUT2D eigenvalue weighted by Gasteiger charge is -2.17. The highest BCUT2D eigenvalue weighted by Gasteiger charge is 2.36. The van der Waals surface area contributed by atoms with Crippen LogP contribution in [0.1, 0.15) is 13.8 Å². The van der Waals surface area contributed by atoms with Crippen LogP contribution in [0.25, 0.3) is 0 Å². The van der Waals surface area contributed by atoms with Crippen molar-refractivity contribution in [3.8, 4) is 0 Å².